The third kappa shape index (κ3) is 4.40. The zero-order chi connectivity index (χ0) is 21.3. The highest BCUT2D eigenvalue weighted by Gasteiger charge is 2.37. The van der Waals surface area contributed by atoms with Crippen molar-refractivity contribution in [3.63, 3.8) is 0 Å². The summed E-state index contributed by atoms with van der Waals surface area (Å²) in [6.07, 6.45) is 4.83. The highest BCUT2D eigenvalue weighted by Crippen LogP contribution is 2.22. The Bertz CT molecular complexity index is 963. The Morgan fingerprint density at radius 2 is 1.93 bits per heavy atom. The quantitative estimate of drug-likeness (QED) is 0.716. The molecule has 10 nitrogen and oxygen atoms in total. The maximum Gasteiger partial charge on any atom is 0.267 e. The van der Waals surface area contributed by atoms with Gasteiger partial charge in [-0.05, 0) is 25.3 Å². The van der Waals surface area contributed by atoms with Crippen molar-refractivity contribution >= 4 is 33.3 Å². The Hall–Kier alpha value is -2.69. The average molecular weight is 436 g/mol. The predicted molar refractivity (Wildman–Crippen MR) is 106 cm³/mol. The van der Waals surface area contributed by atoms with Crippen LogP contribution < -0.4 is 5.32 Å². The van der Waals surface area contributed by atoms with E-state index >= 15 is 0 Å². The van der Waals surface area contributed by atoms with Gasteiger partial charge in [-0.1, -0.05) is 0 Å². The van der Waals surface area contributed by atoms with Gasteiger partial charge in [0, 0.05) is 32.0 Å². The molecule has 4 heterocycles. The van der Waals surface area contributed by atoms with E-state index in [2.05, 4.69) is 10.4 Å². The average Bonchev–Trinajstić information content (AvgIpc) is 3.38. The summed E-state index contributed by atoms with van der Waals surface area (Å²) in [6, 6.07) is 1.04. The molecule has 11 heteroatoms. The van der Waals surface area contributed by atoms with Crippen molar-refractivity contribution in [2.75, 3.05) is 24.6 Å². The van der Waals surface area contributed by atoms with E-state index < -0.39 is 15.9 Å². The van der Waals surface area contributed by atoms with Gasteiger partial charge in [-0.15, -0.1) is 0 Å². The summed E-state index contributed by atoms with van der Waals surface area (Å²) in [5, 5.41) is 8.33. The molecule has 0 radical (unpaired) electrons. The first-order valence-corrected chi connectivity index (χ1v) is 11.9. The zero-order valence-electron chi connectivity index (χ0n) is 16.5. The molecule has 2 saturated heterocycles. The molecule has 1 N–H and O–H groups in total. The summed E-state index contributed by atoms with van der Waals surface area (Å²) in [6.45, 7) is 1.04. The number of hydrogen-bond acceptors (Lipinski definition) is 7. The lowest BCUT2D eigenvalue weighted by Gasteiger charge is -2.33. The molecule has 0 saturated carbocycles. The number of sulfone groups is 1. The fourth-order valence-electron chi connectivity index (χ4n) is 4.05. The number of carbonyl (C=O) groups excluding carboxylic acids is 3. The monoisotopic (exact) mass is 436 g/mol. The van der Waals surface area contributed by atoms with Gasteiger partial charge in [-0.2, -0.15) is 5.10 Å². The van der Waals surface area contributed by atoms with Crippen molar-refractivity contribution in [3.8, 4) is 0 Å². The highest BCUT2D eigenvalue weighted by molar-refractivity contribution is 7.91. The smallest absolute Gasteiger partial charge is 0.267 e. The number of carbonyl (C=O) groups is 3. The summed E-state index contributed by atoms with van der Waals surface area (Å²) >= 11 is 0. The molecule has 3 amide bonds. The molecule has 0 bridgehead atoms. The SMILES string of the molecule is O=C(NC1CCN(C(=O)c2ccoc2)CC1)C1=NN(C2CCS(=O)(=O)C2)C(=O)CC1. The second-order valence-electron chi connectivity index (χ2n) is 7.89. The van der Waals surface area contributed by atoms with Crippen LogP contribution in [0.25, 0.3) is 0 Å². The van der Waals surface area contributed by atoms with E-state index in [9.17, 15) is 22.8 Å². The second kappa shape index (κ2) is 8.21. The molecule has 3 aliphatic rings. The van der Waals surface area contributed by atoms with Gasteiger partial charge >= 0.3 is 0 Å². The van der Waals surface area contributed by atoms with Crippen molar-refractivity contribution in [2.24, 2.45) is 5.10 Å². The lowest BCUT2D eigenvalue weighted by atomic mass is 10.0. The lowest BCUT2D eigenvalue weighted by molar-refractivity contribution is -0.133. The van der Waals surface area contributed by atoms with Crippen LogP contribution >= 0.6 is 0 Å². The van der Waals surface area contributed by atoms with Crippen molar-refractivity contribution in [1.82, 2.24) is 15.2 Å². The van der Waals surface area contributed by atoms with E-state index in [-0.39, 0.29) is 53.8 Å². The Kier molecular flexibility index (Phi) is 5.63. The van der Waals surface area contributed by atoms with E-state index in [1.165, 1.54) is 17.5 Å². The van der Waals surface area contributed by atoms with Gasteiger partial charge in [-0.25, -0.2) is 13.4 Å². The van der Waals surface area contributed by atoms with Gasteiger partial charge in [0.15, 0.2) is 9.84 Å². The molecule has 1 atom stereocenters. The normalized spacial score (nSPS) is 24.6. The van der Waals surface area contributed by atoms with Gasteiger partial charge in [-0.3, -0.25) is 14.4 Å². The zero-order valence-corrected chi connectivity index (χ0v) is 17.3. The van der Waals surface area contributed by atoms with E-state index in [0.29, 0.717) is 37.9 Å². The standard InChI is InChI=1S/C19H24N4O6S/c24-17-2-1-16(21-23(17)15-6-10-30(27,28)12-15)18(25)20-14-3-7-22(8-4-14)19(26)13-5-9-29-11-13/h5,9,11,14-15H,1-4,6-8,10,12H2,(H,20,25). The first-order chi connectivity index (χ1) is 14.3. The Morgan fingerprint density at radius 1 is 1.17 bits per heavy atom. The highest BCUT2D eigenvalue weighted by atomic mass is 32.2. The first-order valence-electron chi connectivity index (χ1n) is 10.0. The van der Waals surface area contributed by atoms with Crippen molar-refractivity contribution in [3.05, 3.63) is 24.2 Å². The van der Waals surface area contributed by atoms with Crippen LogP contribution in [0.3, 0.4) is 0 Å². The van der Waals surface area contributed by atoms with Crippen LogP contribution in [0.5, 0.6) is 0 Å². The summed E-state index contributed by atoms with van der Waals surface area (Å²) < 4.78 is 28.4. The number of amides is 3. The van der Waals surface area contributed by atoms with E-state index in [1.807, 2.05) is 0 Å². The molecular formula is C19H24N4O6S. The molecule has 1 aromatic heterocycles. The fourth-order valence-corrected chi connectivity index (χ4v) is 5.74. The molecule has 0 aromatic carbocycles. The van der Waals surface area contributed by atoms with Crippen molar-refractivity contribution in [2.45, 2.75) is 44.2 Å². The van der Waals surface area contributed by atoms with Crippen molar-refractivity contribution in [1.29, 1.82) is 0 Å². The number of rotatable bonds is 4. The van der Waals surface area contributed by atoms with Gasteiger partial charge in [0.25, 0.3) is 11.8 Å². The minimum Gasteiger partial charge on any atom is -0.472 e. The first kappa shape index (κ1) is 20.6. The van der Waals surface area contributed by atoms with E-state index in [4.69, 9.17) is 4.42 Å². The molecule has 0 aliphatic carbocycles. The maximum absolute atomic E-state index is 12.7. The Labute approximate surface area is 174 Å². The fraction of sp³-hybridized carbons (Fsp3) is 0.579. The van der Waals surface area contributed by atoms with Crippen LogP contribution in [0.4, 0.5) is 0 Å². The third-order valence-corrected chi connectivity index (χ3v) is 7.51. The molecule has 2 fully saturated rings. The molecule has 0 spiro atoms. The van der Waals surface area contributed by atoms with Gasteiger partial charge in [0.05, 0.1) is 29.4 Å². The summed E-state index contributed by atoms with van der Waals surface area (Å²) in [5.41, 5.74) is 0.753. The number of nitrogens with zero attached hydrogens (tertiary/aromatic N) is 3. The number of likely N-dealkylation sites (tertiary alicyclic amines) is 1. The second-order valence-corrected chi connectivity index (χ2v) is 10.1. The Morgan fingerprint density at radius 3 is 2.57 bits per heavy atom. The topological polar surface area (TPSA) is 129 Å². The molecule has 30 heavy (non-hydrogen) atoms. The van der Waals surface area contributed by atoms with Crippen LogP contribution in [0.15, 0.2) is 28.1 Å². The lowest BCUT2D eigenvalue weighted by Crippen LogP contribution is -2.49. The van der Waals surface area contributed by atoms with Gasteiger partial charge in [0.2, 0.25) is 5.91 Å². The third-order valence-electron chi connectivity index (χ3n) is 5.76. The molecule has 162 valence electrons. The minimum absolute atomic E-state index is 0.0363. The molecule has 4 rings (SSSR count). The van der Waals surface area contributed by atoms with Crippen molar-refractivity contribution < 1.29 is 27.2 Å². The number of nitrogens with one attached hydrogen (secondary N) is 1. The van der Waals surface area contributed by atoms with E-state index in [0.717, 1.165) is 0 Å². The predicted octanol–water partition coefficient (Wildman–Crippen LogP) is 0.166. The number of furan rings is 1. The van der Waals surface area contributed by atoms with Gasteiger partial charge in [0.1, 0.15) is 12.0 Å². The van der Waals surface area contributed by atoms with Crippen LogP contribution in [0, 0.1) is 0 Å². The number of hydrogen-bond donors (Lipinski definition) is 1. The van der Waals surface area contributed by atoms with E-state index in [1.54, 1.807) is 11.0 Å². The minimum atomic E-state index is -3.16. The molecular weight excluding hydrogens is 412 g/mol. The van der Waals surface area contributed by atoms with Crippen LogP contribution in [-0.2, 0) is 19.4 Å². The molecule has 1 unspecified atom stereocenters. The summed E-state index contributed by atoms with van der Waals surface area (Å²) in [4.78, 5) is 39.0. The van der Waals surface area contributed by atoms with Crippen LogP contribution in [0.1, 0.15) is 42.5 Å². The number of hydrazone groups is 1. The van der Waals surface area contributed by atoms with Gasteiger partial charge < -0.3 is 14.6 Å². The maximum atomic E-state index is 12.7. The summed E-state index contributed by atoms with van der Waals surface area (Å²) in [7, 11) is -3.16. The van der Waals surface area contributed by atoms with Crippen LogP contribution in [0.2, 0.25) is 0 Å². The van der Waals surface area contributed by atoms with Crippen LogP contribution in [-0.4, -0.2) is 78.4 Å². The Balaban J connectivity index is 1.33. The molecule has 3 aliphatic heterocycles. The summed E-state index contributed by atoms with van der Waals surface area (Å²) in [5.74, 6) is -0.756. The number of piperidine rings is 1. The molecule has 1 aromatic rings. The largest absolute Gasteiger partial charge is 0.472 e.